The summed E-state index contributed by atoms with van der Waals surface area (Å²) in [6.07, 6.45) is 3.17. The number of carbonyl (C=O) groups is 2. The third-order valence-corrected chi connectivity index (χ3v) is 6.25. The van der Waals surface area contributed by atoms with E-state index in [4.69, 9.17) is 9.22 Å². The van der Waals surface area contributed by atoms with Gasteiger partial charge in [-0.25, -0.2) is 0 Å². The van der Waals surface area contributed by atoms with E-state index in [-0.39, 0.29) is 11.8 Å². The number of anilines is 1. The van der Waals surface area contributed by atoms with E-state index in [1.165, 1.54) is 6.26 Å². The molecule has 0 fully saturated rings. The lowest BCUT2D eigenvalue weighted by Crippen LogP contribution is -2.28. The average Bonchev–Trinajstić information content (AvgIpc) is 3.33. The lowest BCUT2D eigenvalue weighted by atomic mass is 9.85. The number of benzene rings is 1. The van der Waals surface area contributed by atoms with E-state index in [1.54, 1.807) is 41.2 Å². The van der Waals surface area contributed by atoms with Gasteiger partial charge in [-0.15, -0.1) is 4.33 Å². The quantitative estimate of drug-likeness (QED) is 0.755. The zero-order valence-corrected chi connectivity index (χ0v) is 16.3. The van der Waals surface area contributed by atoms with Crippen molar-refractivity contribution < 1.29 is 18.8 Å². The summed E-state index contributed by atoms with van der Waals surface area (Å²) < 4.78 is 7.86. The van der Waals surface area contributed by atoms with Crippen LogP contribution < -0.4 is 10.0 Å². The lowest BCUT2D eigenvalue weighted by molar-refractivity contribution is -0.127. The van der Waals surface area contributed by atoms with Crippen molar-refractivity contribution in [1.29, 1.82) is 0 Å². The molecule has 8 heteroatoms. The summed E-state index contributed by atoms with van der Waals surface area (Å²) in [4.78, 5) is 28.9. The first kappa shape index (κ1) is 18.5. The molecule has 2 N–H and O–H groups in total. The van der Waals surface area contributed by atoms with Gasteiger partial charge in [0.2, 0.25) is 5.91 Å². The maximum atomic E-state index is 12.3. The molecule has 138 valence electrons. The Morgan fingerprint density at radius 1 is 1.27 bits per heavy atom. The molecule has 2 aliphatic rings. The lowest BCUT2D eigenvalue weighted by Gasteiger charge is -2.25. The Kier molecular flexibility index (Phi) is 5.08. The van der Waals surface area contributed by atoms with E-state index < -0.39 is 15.9 Å². The zero-order chi connectivity index (χ0) is 18.8. The minimum absolute atomic E-state index is 0.0666. The van der Waals surface area contributed by atoms with Gasteiger partial charge in [-0.1, -0.05) is 12.1 Å². The second kappa shape index (κ2) is 7.14. The van der Waals surface area contributed by atoms with Gasteiger partial charge in [0.25, 0.3) is 5.91 Å². The number of amides is 2. The summed E-state index contributed by atoms with van der Waals surface area (Å²) in [5.74, 6) is -0.330. The minimum atomic E-state index is -1.89. The molecule has 1 atom stereocenters. The van der Waals surface area contributed by atoms with Crippen LogP contribution in [0.5, 0.6) is 0 Å². The highest BCUT2D eigenvalue weighted by Crippen LogP contribution is 2.47. The molecule has 1 unspecified atom stereocenters. The first-order chi connectivity index (χ1) is 12.3. The van der Waals surface area contributed by atoms with Gasteiger partial charge >= 0.3 is 0 Å². The maximum Gasteiger partial charge on any atom is 0.261 e. The van der Waals surface area contributed by atoms with Crippen molar-refractivity contribution in [2.24, 2.45) is 0 Å². The van der Waals surface area contributed by atoms with Crippen molar-refractivity contribution in [2.45, 2.75) is 19.3 Å². The maximum absolute atomic E-state index is 12.3. The van der Waals surface area contributed by atoms with E-state index in [2.05, 4.69) is 10.0 Å². The van der Waals surface area contributed by atoms with Gasteiger partial charge in [0, 0.05) is 33.4 Å². The molecule has 4 rings (SSSR count). The summed E-state index contributed by atoms with van der Waals surface area (Å²) in [6, 6.07) is 9.20. The highest BCUT2D eigenvalue weighted by molar-refractivity contribution is 8.30. The molecule has 2 amide bonds. The normalized spacial score (nSPS) is 24.3. The predicted octanol–water partition coefficient (Wildman–Crippen LogP) is 4.09. The Balaban J connectivity index is 0.000000339. The highest BCUT2D eigenvalue weighted by Gasteiger charge is 2.38. The summed E-state index contributed by atoms with van der Waals surface area (Å²) in [5, 5.41) is 8.58. The molecule has 0 saturated heterocycles. The van der Waals surface area contributed by atoms with Crippen LogP contribution in [0.15, 0.2) is 52.8 Å². The Morgan fingerprint density at radius 2 is 2.00 bits per heavy atom. The number of hydrogen-bond donors (Lipinski definition) is 2. The van der Waals surface area contributed by atoms with Crippen molar-refractivity contribution in [3.05, 3.63) is 63.9 Å². The molecule has 3 heterocycles. The zero-order valence-electron chi connectivity index (χ0n) is 14.6. The summed E-state index contributed by atoms with van der Waals surface area (Å²) in [7, 11) is -1.89. The average molecular weight is 393 g/mol. The molecule has 0 bridgehead atoms. The van der Waals surface area contributed by atoms with Gasteiger partial charge in [0.15, 0.2) is 0 Å². The van der Waals surface area contributed by atoms with Crippen LogP contribution in [0.3, 0.4) is 0 Å². The fourth-order valence-electron chi connectivity index (χ4n) is 2.49. The molecule has 0 saturated carbocycles. The van der Waals surface area contributed by atoms with Gasteiger partial charge in [-0.3, -0.25) is 14.3 Å². The monoisotopic (exact) mass is 392 g/mol. The van der Waals surface area contributed by atoms with E-state index in [1.807, 2.05) is 36.7 Å². The van der Waals surface area contributed by atoms with Crippen molar-refractivity contribution >= 4 is 39.3 Å². The van der Waals surface area contributed by atoms with Crippen LogP contribution in [0.2, 0.25) is 0 Å². The molecular formula is C18H20N2O4S2. The summed E-state index contributed by atoms with van der Waals surface area (Å²) in [5.41, 5.74) is 1.41. The van der Waals surface area contributed by atoms with Gasteiger partial charge in [-0.2, -0.15) is 11.3 Å². The smallest absolute Gasteiger partial charge is 0.261 e. The van der Waals surface area contributed by atoms with Crippen LogP contribution >= 0.6 is 21.8 Å². The van der Waals surface area contributed by atoms with E-state index in [0.717, 1.165) is 11.3 Å². The predicted molar refractivity (Wildman–Crippen MR) is 105 cm³/mol. The Morgan fingerprint density at radius 3 is 2.58 bits per heavy atom. The van der Waals surface area contributed by atoms with Crippen molar-refractivity contribution in [2.75, 3.05) is 11.6 Å². The standard InChI is InChI=1S/C14H16N2O4S.C4H4S/c1-14(2)10-8-9(4-5-11(10)15-13(14)18)12(17)16-21(3)7-6-19-20-21;1-2-4-5-3-1/h4-8H,1-3H3,(H,15,18)(H,16,17);1-4H. The van der Waals surface area contributed by atoms with E-state index >= 15 is 0 Å². The molecule has 1 aromatic carbocycles. The molecule has 0 radical (unpaired) electrons. The van der Waals surface area contributed by atoms with Gasteiger partial charge in [0.05, 0.1) is 5.41 Å². The number of fused-ring (bicyclic) bond motifs is 1. The van der Waals surface area contributed by atoms with Crippen molar-refractivity contribution in [3.8, 4) is 0 Å². The van der Waals surface area contributed by atoms with Crippen LogP contribution in [0.25, 0.3) is 0 Å². The molecule has 0 spiro atoms. The topological polar surface area (TPSA) is 76.7 Å². The van der Waals surface area contributed by atoms with Gasteiger partial charge < -0.3 is 10.2 Å². The third kappa shape index (κ3) is 3.77. The molecule has 0 aliphatic carbocycles. The largest absolute Gasteiger partial charge is 0.332 e. The fraction of sp³-hybridized carbons (Fsp3) is 0.222. The van der Waals surface area contributed by atoms with Crippen molar-refractivity contribution in [3.63, 3.8) is 0 Å². The van der Waals surface area contributed by atoms with E-state index in [0.29, 0.717) is 5.56 Å². The van der Waals surface area contributed by atoms with Crippen LogP contribution in [0.4, 0.5) is 5.69 Å². The van der Waals surface area contributed by atoms with Crippen LogP contribution in [-0.4, -0.2) is 18.1 Å². The summed E-state index contributed by atoms with van der Waals surface area (Å²) in [6.45, 7) is 3.66. The molecule has 2 aliphatic heterocycles. The molecule has 26 heavy (non-hydrogen) atoms. The first-order valence-electron chi connectivity index (χ1n) is 7.87. The van der Waals surface area contributed by atoms with Crippen LogP contribution in [0.1, 0.15) is 29.8 Å². The van der Waals surface area contributed by atoms with Gasteiger partial charge in [-0.05, 0) is 48.4 Å². The van der Waals surface area contributed by atoms with Gasteiger partial charge in [0.1, 0.15) is 6.26 Å². The molecule has 1 aromatic heterocycles. The van der Waals surface area contributed by atoms with Crippen molar-refractivity contribution in [1.82, 2.24) is 4.72 Å². The molecule has 2 aromatic rings. The second-order valence-electron chi connectivity index (χ2n) is 6.40. The Bertz CT molecular complexity index is 832. The molecule has 6 nitrogen and oxygen atoms in total. The second-order valence-corrected chi connectivity index (χ2v) is 9.64. The number of carbonyl (C=O) groups excluding carboxylic acids is 2. The highest BCUT2D eigenvalue weighted by atomic mass is 32.3. The van der Waals surface area contributed by atoms with E-state index in [9.17, 15) is 9.59 Å². The molecular weight excluding hydrogens is 372 g/mol. The minimum Gasteiger partial charge on any atom is -0.332 e. The SMILES string of the molecule is CC1(C)C(=O)Nc2ccc(C(=O)NS3(C)C=COO3)cc21.c1ccsc1. The summed E-state index contributed by atoms with van der Waals surface area (Å²) >= 11 is 1.71. The Labute approximate surface area is 157 Å². The third-order valence-electron chi connectivity index (χ3n) is 4.04. The fourth-order valence-corrected chi connectivity index (χ4v) is 4.04. The number of hydrogen-bond acceptors (Lipinski definition) is 5. The van der Waals surface area contributed by atoms with Crippen LogP contribution in [0, 0.1) is 0 Å². The first-order valence-corrected chi connectivity index (χ1v) is 10.8. The number of rotatable bonds is 2. The number of nitrogens with one attached hydrogen (secondary N) is 2. The van der Waals surface area contributed by atoms with Crippen LogP contribution in [-0.2, 0) is 19.4 Å². The number of thiophene rings is 1. The Hall–Kier alpha value is -2.29.